The van der Waals surface area contributed by atoms with E-state index in [2.05, 4.69) is 31.0 Å². The summed E-state index contributed by atoms with van der Waals surface area (Å²) in [6, 6.07) is 4.57. The van der Waals surface area contributed by atoms with Crippen molar-refractivity contribution >= 4 is 40.8 Å². The number of aromatic nitrogens is 5. The highest BCUT2D eigenvalue weighted by Crippen LogP contribution is 2.36. The van der Waals surface area contributed by atoms with E-state index in [1.165, 1.54) is 35.1 Å². The Kier molecular flexibility index (Phi) is 7.67. The number of imidazole rings is 1. The Morgan fingerprint density at radius 1 is 1.15 bits per heavy atom. The lowest BCUT2D eigenvalue weighted by Gasteiger charge is -2.20. The van der Waals surface area contributed by atoms with Gasteiger partial charge in [-0.3, -0.25) is 14.3 Å². The van der Waals surface area contributed by atoms with Crippen molar-refractivity contribution in [3.8, 4) is 11.3 Å². The molecule has 206 valence electrons. The lowest BCUT2D eigenvalue weighted by atomic mass is 10.1. The molecule has 0 unspecified atom stereocenters. The van der Waals surface area contributed by atoms with E-state index in [0.29, 0.717) is 5.69 Å². The Balaban J connectivity index is 1.44. The molecule has 0 saturated carbocycles. The Morgan fingerprint density at radius 2 is 1.92 bits per heavy atom. The van der Waals surface area contributed by atoms with Crippen LogP contribution < -0.4 is 16.0 Å². The van der Waals surface area contributed by atoms with E-state index < -0.39 is 29.4 Å². The standard InChI is InChI=1S/C24H24ClF3N8O3/c1-23(2,3)34-22(38)39-9-7-30-21(37)14-5-4-13(10-16(14)25)33-19-20-31-12-17(36(20)8-6-29-19)15-11-32-35-18(15)24(26,27)28/h4-6,8,10-12H,7,9H2,1-3H3,(H,29,33)(H,30,37)(H,32,35)(H,34,38). The van der Waals surface area contributed by atoms with Crippen LogP contribution in [-0.4, -0.2) is 55.3 Å². The van der Waals surface area contributed by atoms with Gasteiger partial charge in [0.15, 0.2) is 11.5 Å². The van der Waals surface area contributed by atoms with Crippen LogP contribution in [0.25, 0.3) is 16.9 Å². The molecule has 15 heteroatoms. The van der Waals surface area contributed by atoms with Gasteiger partial charge in [0.2, 0.25) is 0 Å². The molecular formula is C24H24ClF3N8O3. The van der Waals surface area contributed by atoms with Crippen LogP contribution >= 0.6 is 11.6 Å². The number of H-pyrrole nitrogens is 1. The molecule has 39 heavy (non-hydrogen) atoms. The van der Waals surface area contributed by atoms with Crippen molar-refractivity contribution in [3.05, 3.63) is 59.3 Å². The number of nitrogens with zero attached hydrogens (tertiary/aromatic N) is 4. The number of carbonyl (C=O) groups is 2. The number of amides is 2. The number of aromatic amines is 1. The minimum absolute atomic E-state index is 0.0316. The Labute approximate surface area is 225 Å². The molecule has 4 aromatic rings. The van der Waals surface area contributed by atoms with Gasteiger partial charge in [-0.15, -0.1) is 0 Å². The number of alkyl halides is 3. The fraction of sp³-hybridized carbons (Fsp3) is 0.292. The quantitative estimate of drug-likeness (QED) is 0.237. The summed E-state index contributed by atoms with van der Waals surface area (Å²) in [5.74, 6) is -0.218. The van der Waals surface area contributed by atoms with Gasteiger partial charge < -0.3 is 20.7 Å². The highest BCUT2D eigenvalue weighted by atomic mass is 35.5. The van der Waals surface area contributed by atoms with Crippen LogP contribution in [-0.2, 0) is 10.9 Å². The maximum atomic E-state index is 13.4. The molecular weight excluding hydrogens is 541 g/mol. The molecule has 0 saturated heterocycles. The van der Waals surface area contributed by atoms with Gasteiger partial charge in [0.05, 0.1) is 40.8 Å². The zero-order chi connectivity index (χ0) is 28.4. The van der Waals surface area contributed by atoms with Crippen LogP contribution in [0.5, 0.6) is 0 Å². The molecule has 0 bridgehead atoms. The van der Waals surface area contributed by atoms with E-state index in [4.69, 9.17) is 16.3 Å². The van der Waals surface area contributed by atoms with Crippen LogP contribution in [0.1, 0.15) is 36.8 Å². The zero-order valence-corrected chi connectivity index (χ0v) is 21.7. The summed E-state index contributed by atoms with van der Waals surface area (Å²) in [4.78, 5) is 32.6. The molecule has 0 aliphatic carbocycles. The number of ether oxygens (including phenoxy) is 1. The molecule has 3 heterocycles. The SMILES string of the molecule is CC(C)(C)NC(=O)OCCNC(=O)c1ccc(Nc2nccn3c(-c4cn[nH]c4C(F)(F)F)cnc23)cc1Cl. The Hall–Kier alpha value is -4.33. The van der Waals surface area contributed by atoms with E-state index in [-0.39, 0.29) is 46.5 Å². The van der Waals surface area contributed by atoms with E-state index in [9.17, 15) is 22.8 Å². The first kappa shape index (κ1) is 27.7. The predicted octanol–water partition coefficient (Wildman–Crippen LogP) is 4.79. The van der Waals surface area contributed by atoms with Crippen LogP contribution in [0.15, 0.2) is 43.0 Å². The number of halogens is 4. The summed E-state index contributed by atoms with van der Waals surface area (Å²) in [6.07, 6.45) is 0.0375. The molecule has 11 nitrogen and oxygen atoms in total. The van der Waals surface area contributed by atoms with Crippen LogP contribution in [0, 0.1) is 0 Å². The third-order valence-corrected chi connectivity index (χ3v) is 5.51. The van der Waals surface area contributed by atoms with Crippen molar-refractivity contribution in [2.45, 2.75) is 32.5 Å². The average molecular weight is 565 g/mol. The molecule has 4 rings (SSSR count). The number of carbonyl (C=O) groups excluding carboxylic acids is 2. The van der Waals surface area contributed by atoms with Gasteiger partial charge in [0.1, 0.15) is 12.3 Å². The molecule has 0 spiro atoms. The highest BCUT2D eigenvalue weighted by molar-refractivity contribution is 6.34. The van der Waals surface area contributed by atoms with Crippen LogP contribution in [0.3, 0.4) is 0 Å². The summed E-state index contributed by atoms with van der Waals surface area (Å²) in [6.45, 7) is 5.49. The monoisotopic (exact) mass is 564 g/mol. The first-order valence-corrected chi connectivity index (χ1v) is 11.9. The van der Waals surface area contributed by atoms with E-state index >= 15 is 0 Å². The molecule has 4 N–H and O–H groups in total. The van der Waals surface area contributed by atoms with Gasteiger partial charge in [-0.05, 0) is 39.0 Å². The Bertz CT molecular complexity index is 1510. The van der Waals surface area contributed by atoms with Gasteiger partial charge in [-0.25, -0.2) is 14.8 Å². The maximum absolute atomic E-state index is 13.4. The van der Waals surface area contributed by atoms with E-state index in [1.54, 1.807) is 6.07 Å². The molecule has 1 aromatic carbocycles. The molecule has 2 amide bonds. The first-order valence-electron chi connectivity index (χ1n) is 11.6. The summed E-state index contributed by atoms with van der Waals surface area (Å²) in [5, 5.41) is 13.9. The van der Waals surface area contributed by atoms with E-state index in [1.807, 2.05) is 25.9 Å². The second kappa shape index (κ2) is 10.8. The van der Waals surface area contributed by atoms with Crippen molar-refractivity contribution < 1.29 is 27.5 Å². The number of nitrogens with one attached hydrogen (secondary N) is 4. The fourth-order valence-electron chi connectivity index (χ4n) is 3.56. The average Bonchev–Trinajstić information content (AvgIpc) is 3.48. The number of fused-ring (bicyclic) bond motifs is 1. The van der Waals surface area contributed by atoms with Gasteiger partial charge >= 0.3 is 12.3 Å². The van der Waals surface area contributed by atoms with Crippen LogP contribution in [0.4, 0.5) is 29.5 Å². The van der Waals surface area contributed by atoms with E-state index in [0.717, 1.165) is 6.20 Å². The molecule has 3 aromatic heterocycles. The summed E-state index contributed by atoms with van der Waals surface area (Å²) < 4.78 is 46.5. The van der Waals surface area contributed by atoms with Gasteiger partial charge in [0.25, 0.3) is 5.91 Å². The minimum atomic E-state index is -4.62. The number of benzene rings is 1. The summed E-state index contributed by atoms with van der Waals surface area (Å²) >= 11 is 6.32. The van der Waals surface area contributed by atoms with Crippen molar-refractivity contribution in [3.63, 3.8) is 0 Å². The van der Waals surface area contributed by atoms with Gasteiger partial charge in [-0.1, -0.05) is 11.6 Å². The topological polar surface area (TPSA) is 138 Å². The van der Waals surface area contributed by atoms with Gasteiger partial charge in [-0.2, -0.15) is 18.3 Å². The molecule has 0 radical (unpaired) electrons. The maximum Gasteiger partial charge on any atom is 0.433 e. The Morgan fingerprint density at radius 3 is 2.62 bits per heavy atom. The van der Waals surface area contributed by atoms with Crippen molar-refractivity contribution in [1.82, 2.24) is 35.2 Å². The minimum Gasteiger partial charge on any atom is -0.448 e. The molecule has 0 atom stereocenters. The lowest BCUT2D eigenvalue weighted by molar-refractivity contribution is -0.140. The van der Waals surface area contributed by atoms with Crippen molar-refractivity contribution in [1.29, 1.82) is 0 Å². The van der Waals surface area contributed by atoms with Gasteiger partial charge in [0, 0.05) is 23.6 Å². The summed E-state index contributed by atoms with van der Waals surface area (Å²) in [5.41, 5.74) is -0.516. The largest absolute Gasteiger partial charge is 0.448 e. The normalized spacial score (nSPS) is 11.9. The number of hydrogen-bond acceptors (Lipinski definition) is 7. The summed E-state index contributed by atoms with van der Waals surface area (Å²) in [7, 11) is 0. The second-order valence-corrected chi connectivity index (χ2v) is 9.76. The fourth-order valence-corrected chi connectivity index (χ4v) is 3.83. The number of anilines is 2. The smallest absolute Gasteiger partial charge is 0.433 e. The number of alkyl carbamates (subject to hydrolysis) is 1. The van der Waals surface area contributed by atoms with Crippen molar-refractivity contribution in [2.75, 3.05) is 18.5 Å². The zero-order valence-electron chi connectivity index (χ0n) is 21.0. The van der Waals surface area contributed by atoms with Crippen molar-refractivity contribution in [2.24, 2.45) is 0 Å². The second-order valence-electron chi connectivity index (χ2n) is 9.36. The van der Waals surface area contributed by atoms with Crippen LogP contribution in [0.2, 0.25) is 5.02 Å². The third-order valence-electron chi connectivity index (χ3n) is 5.20. The predicted molar refractivity (Wildman–Crippen MR) is 137 cm³/mol. The number of rotatable bonds is 7. The molecule has 0 fully saturated rings. The number of hydrogen-bond donors (Lipinski definition) is 4. The molecule has 0 aliphatic rings. The molecule has 0 aliphatic heterocycles. The highest BCUT2D eigenvalue weighted by Gasteiger charge is 2.36. The lowest BCUT2D eigenvalue weighted by Crippen LogP contribution is -2.41. The third kappa shape index (κ3) is 6.57. The first-order chi connectivity index (χ1) is 18.3.